The Hall–Kier alpha value is -4.01. The highest BCUT2D eigenvalue weighted by molar-refractivity contribution is 6.04. The number of amides is 2. The van der Waals surface area contributed by atoms with Crippen molar-refractivity contribution in [3.8, 4) is 0 Å². The fourth-order valence-electron chi connectivity index (χ4n) is 3.57. The number of esters is 2. The van der Waals surface area contributed by atoms with Crippen molar-refractivity contribution < 1.29 is 28.3 Å². The van der Waals surface area contributed by atoms with Gasteiger partial charge >= 0.3 is 18.0 Å². The molecule has 0 saturated heterocycles. The highest BCUT2D eigenvalue weighted by Crippen LogP contribution is 2.28. The number of hydrogen-bond acceptors (Lipinski definition) is 6. The number of carbonyl (C=O) groups is 3. The number of benzene rings is 1. The smallest absolute Gasteiger partial charge is 0.340 e. The number of hydrogen-bond donors (Lipinski definition) is 2. The summed E-state index contributed by atoms with van der Waals surface area (Å²) in [5.41, 5.74) is 1.52. The van der Waals surface area contributed by atoms with Gasteiger partial charge in [0.05, 0.1) is 29.7 Å². The highest BCUT2D eigenvalue weighted by atomic mass is 16.5. The highest BCUT2D eigenvalue weighted by Gasteiger charge is 2.35. The third-order valence-electron chi connectivity index (χ3n) is 4.94. The molecule has 160 valence electrons. The van der Waals surface area contributed by atoms with Crippen molar-refractivity contribution in [3.63, 3.8) is 0 Å². The molecule has 1 aliphatic heterocycles. The van der Waals surface area contributed by atoms with E-state index < -0.39 is 24.0 Å². The minimum Gasteiger partial charge on any atom is -0.467 e. The average Bonchev–Trinajstić information content (AvgIpc) is 3.40. The normalized spacial score (nSPS) is 16.1. The summed E-state index contributed by atoms with van der Waals surface area (Å²) in [7, 11) is 1.83. The van der Waals surface area contributed by atoms with Crippen molar-refractivity contribution in [2.45, 2.75) is 13.0 Å². The molecule has 9 nitrogen and oxygen atoms in total. The van der Waals surface area contributed by atoms with Crippen LogP contribution in [-0.2, 0) is 21.3 Å². The number of urea groups is 1. The monoisotopic (exact) mass is 423 g/mol. The van der Waals surface area contributed by atoms with Gasteiger partial charge < -0.3 is 29.1 Å². The molecule has 9 heteroatoms. The van der Waals surface area contributed by atoms with Crippen molar-refractivity contribution in [2.24, 2.45) is 7.05 Å². The zero-order valence-corrected chi connectivity index (χ0v) is 17.0. The van der Waals surface area contributed by atoms with E-state index in [-0.39, 0.29) is 24.5 Å². The van der Waals surface area contributed by atoms with Crippen LogP contribution in [0, 0.1) is 0 Å². The molecule has 2 amide bonds. The van der Waals surface area contributed by atoms with Gasteiger partial charge in [-0.25, -0.2) is 14.4 Å². The van der Waals surface area contributed by atoms with Crippen molar-refractivity contribution in [2.75, 3.05) is 13.2 Å². The molecule has 31 heavy (non-hydrogen) atoms. The van der Waals surface area contributed by atoms with Crippen LogP contribution in [0.25, 0.3) is 10.9 Å². The Kier molecular flexibility index (Phi) is 5.48. The molecule has 0 spiro atoms. The van der Waals surface area contributed by atoms with Gasteiger partial charge in [0.25, 0.3) is 0 Å². The molecule has 3 heterocycles. The Bertz CT molecular complexity index is 1180. The van der Waals surface area contributed by atoms with Crippen LogP contribution in [0.4, 0.5) is 4.79 Å². The predicted molar refractivity (Wildman–Crippen MR) is 110 cm³/mol. The van der Waals surface area contributed by atoms with Gasteiger partial charge in [0, 0.05) is 24.1 Å². The van der Waals surface area contributed by atoms with Crippen molar-refractivity contribution in [3.05, 3.63) is 71.5 Å². The van der Waals surface area contributed by atoms with Crippen LogP contribution in [0.5, 0.6) is 0 Å². The minimum atomic E-state index is -0.867. The number of ether oxygens (including phenoxy) is 2. The van der Waals surface area contributed by atoms with E-state index in [4.69, 9.17) is 13.9 Å². The standard InChI is InChI=1S/C22H21N3O6/c1-3-29-21(27)18-15(23-22(28)24-19(18)17-9-6-10-30-17)12-31-20(26)14-11-25(2)16-8-5-4-7-13(14)16/h4-11,19H,3,12H2,1-2H3,(H2,23,24,28). The number of furan rings is 1. The summed E-state index contributed by atoms with van der Waals surface area (Å²) in [6, 6.07) is 9.30. The summed E-state index contributed by atoms with van der Waals surface area (Å²) in [5, 5.41) is 5.94. The molecule has 1 aromatic carbocycles. The summed E-state index contributed by atoms with van der Waals surface area (Å²) >= 11 is 0. The second-order valence-corrected chi connectivity index (χ2v) is 6.91. The van der Waals surface area contributed by atoms with Gasteiger partial charge in [-0.1, -0.05) is 18.2 Å². The summed E-state index contributed by atoms with van der Waals surface area (Å²) in [5.74, 6) is -0.863. The van der Waals surface area contributed by atoms with Crippen LogP contribution >= 0.6 is 0 Å². The Morgan fingerprint density at radius 2 is 1.94 bits per heavy atom. The lowest BCUT2D eigenvalue weighted by Crippen LogP contribution is -2.47. The number of nitrogens with zero attached hydrogens (tertiary/aromatic N) is 1. The van der Waals surface area contributed by atoms with Gasteiger partial charge in [0.1, 0.15) is 18.4 Å². The first-order chi connectivity index (χ1) is 15.0. The van der Waals surface area contributed by atoms with Crippen LogP contribution in [-0.4, -0.2) is 35.8 Å². The summed E-state index contributed by atoms with van der Waals surface area (Å²) in [6.45, 7) is 1.50. The van der Waals surface area contributed by atoms with Crippen LogP contribution in [0.1, 0.15) is 29.1 Å². The lowest BCUT2D eigenvalue weighted by atomic mass is 10.0. The van der Waals surface area contributed by atoms with Crippen LogP contribution in [0.2, 0.25) is 0 Å². The summed E-state index contributed by atoms with van der Waals surface area (Å²) in [4.78, 5) is 37.6. The quantitative estimate of drug-likeness (QED) is 0.590. The van der Waals surface area contributed by atoms with Gasteiger partial charge in [-0.15, -0.1) is 0 Å². The van der Waals surface area contributed by atoms with Gasteiger partial charge in [0.2, 0.25) is 0 Å². The van der Waals surface area contributed by atoms with Gasteiger partial charge in [-0.2, -0.15) is 0 Å². The van der Waals surface area contributed by atoms with Crippen LogP contribution < -0.4 is 10.6 Å². The molecule has 0 fully saturated rings. The summed E-state index contributed by atoms with van der Waals surface area (Å²) < 4.78 is 17.8. The number of nitrogens with one attached hydrogen (secondary N) is 2. The fraction of sp³-hybridized carbons (Fsp3) is 0.227. The van der Waals surface area contributed by atoms with Crippen LogP contribution in [0.15, 0.2) is 64.5 Å². The number of rotatable bonds is 6. The zero-order valence-electron chi connectivity index (χ0n) is 17.0. The number of fused-ring (bicyclic) bond motifs is 1. The molecular weight excluding hydrogens is 402 g/mol. The van der Waals surface area contributed by atoms with Gasteiger partial charge in [-0.3, -0.25) is 0 Å². The van der Waals surface area contributed by atoms with Crippen molar-refractivity contribution in [1.82, 2.24) is 15.2 Å². The lowest BCUT2D eigenvalue weighted by Gasteiger charge is -2.27. The Balaban J connectivity index is 1.64. The molecule has 1 unspecified atom stereocenters. The first-order valence-corrected chi connectivity index (χ1v) is 9.71. The molecule has 1 atom stereocenters. The topological polar surface area (TPSA) is 112 Å². The SMILES string of the molecule is CCOC(=O)C1=C(COC(=O)c2cn(C)c3ccccc23)NC(=O)NC1c1ccco1. The van der Waals surface area contributed by atoms with E-state index in [1.807, 2.05) is 35.9 Å². The Morgan fingerprint density at radius 1 is 1.13 bits per heavy atom. The predicted octanol–water partition coefficient (Wildman–Crippen LogP) is 2.80. The third-order valence-corrected chi connectivity index (χ3v) is 4.94. The zero-order chi connectivity index (χ0) is 22.0. The lowest BCUT2D eigenvalue weighted by molar-refractivity contribution is -0.139. The van der Waals surface area contributed by atoms with E-state index in [0.717, 1.165) is 10.9 Å². The maximum atomic E-state index is 12.8. The Labute approximate surface area is 177 Å². The number of aryl methyl sites for hydroxylation is 1. The molecule has 1 aliphatic rings. The van der Waals surface area contributed by atoms with E-state index in [1.165, 1.54) is 6.26 Å². The second kappa shape index (κ2) is 8.39. The molecule has 0 radical (unpaired) electrons. The maximum absolute atomic E-state index is 12.8. The van der Waals surface area contributed by atoms with Gasteiger partial charge in [-0.05, 0) is 25.1 Å². The van der Waals surface area contributed by atoms with E-state index in [9.17, 15) is 14.4 Å². The fourth-order valence-corrected chi connectivity index (χ4v) is 3.57. The maximum Gasteiger partial charge on any atom is 0.340 e. The molecule has 0 saturated carbocycles. The number of carbonyl (C=O) groups excluding carboxylic acids is 3. The molecular formula is C22H21N3O6. The van der Waals surface area contributed by atoms with E-state index >= 15 is 0 Å². The van der Waals surface area contributed by atoms with Crippen molar-refractivity contribution in [1.29, 1.82) is 0 Å². The van der Waals surface area contributed by atoms with Crippen LogP contribution in [0.3, 0.4) is 0 Å². The molecule has 0 aliphatic carbocycles. The summed E-state index contributed by atoms with van der Waals surface area (Å²) in [6.07, 6.45) is 3.12. The molecule has 2 aromatic heterocycles. The molecule has 3 aromatic rings. The average molecular weight is 423 g/mol. The first-order valence-electron chi connectivity index (χ1n) is 9.71. The molecule has 0 bridgehead atoms. The second-order valence-electron chi connectivity index (χ2n) is 6.91. The largest absolute Gasteiger partial charge is 0.467 e. The number of para-hydroxylation sites is 1. The van der Waals surface area contributed by atoms with E-state index in [1.54, 1.807) is 25.3 Å². The third kappa shape index (κ3) is 3.89. The van der Waals surface area contributed by atoms with Gasteiger partial charge in [0.15, 0.2) is 0 Å². The Morgan fingerprint density at radius 3 is 2.68 bits per heavy atom. The number of aromatic nitrogens is 1. The molecule has 4 rings (SSSR count). The van der Waals surface area contributed by atoms with Crippen molar-refractivity contribution >= 4 is 28.9 Å². The molecule has 2 N–H and O–H groups in total. The first kappa shape index (κ1) is 20.3. The van der Waals surface area contributed by atoms with E-state index in [2.05, 4.69) is 10.6 Å². The minimum absolute atomic E-state index is 0.113. The van der Waals surface area contributed by atoms with E-state index in [0.29, 0.717) is 11.3 Å².